The van der Waals surface area contributed by atoms with Crippen molar-refractivity contribution in [2.24, 2.45) is 0 Å². The number of hydrogen-bond acceptors (Lipinski definition) is 5. The van der Waals surface area contributed by atoms with Crippen molar-refractivity contribution >= 4 is 18.2 Å². The third-order valence-corrected chi connectivity index (χ3v) is 2.81. The van der Waals surface area contributed by atoms with E-state index < -0.39 is 18.0 Å². The van der Waals surface area contributed by atoms with E-state index in [9.17, 15) is 14.4 Å². The first-order chi connectivity index (χ1) is 10.7. The van der Waals surface area contributed by atoms with Gasteiger partial charge in [0.25, 0.3) is 0 Å². The third-order valence-electron chi connectivity index (χ3n) is 2.81. The highest BCUT2D eigenvalue weighted by molar-refractivity contribution is 5.91. The smallest absolute Gasteiger partial charge is 0.338 e. The van der Waals surface area contributed by atoms with Gasteiger partial charge in [0.2, 0.25) is 0 Å². The zero-order chi connectivity index (χ0) is 15.8. The van der Waals surface area contributed by atoms with E-state index in [1.165, 1.54) is 0 Å². The summed E-state index contributed by atoms with van der Waals surface area (Å²) in [7, 11) is 0. The Hall–Kier alpha value is -2.95. The molecule has 0 heterocycles. The average molecular weight is 298 g/mol. The SMILES string of the molecule is O=C[C@H](COC(=O)c1ccccc1)OC(=O)c1ccccc1. The Morgan fingerprint density at radius 1 is 0.864 bits per heavy atom. The van der Waals surface area contributed by atoms with Crippen molar-refractivity contribution in [3.63, 3.8) is 0 Å². The lowest BCUT2D eigenvalue weighted by atomic mass is 10.2. The summed E-state index contributed by atoms with van der Waals surface area (Å²) in [5, 5.41) is 0. The minimum Gasteiger partial charge on any atom is -0.458 e. The van der Waals surface area contributed by atoms with Gasteiger partial charge < -0.3 is 9.47 Å². The summed E-state index contributed by atoms with van der Waals surface area (Å²) in [5.74, 6) is -1.23. The second-order valence-electron chi connectivity index (χ2n) is 4.41. The fourth-order valence-corrected chi connectivity index (χ4v) is 1.70. The molecule has 0 spiro atoms. The highest BCUT2D eigenvalue weighted by atomic mass is 16.6. The minimum atomic E-state index is -1.14. The Bertz CT molecular complexity index is 637. The minimum absolute atomic E-state index is 0.323. The summed E-state index contributed by atoms with van der Waals surface area (Å²) in [6.45, 7) is -0.324. The van der Waals surface area contributed by atoms with Crippen LogP contribution in [0.1, 0.15) is 20.7 Å². The number of rotatable bonds is 6. The van der Waals surface area contributed by atoms with E-state index in [2.05, 4.69) is 0 Å². The van der Waals surface area contributed by atoms with Crippen molar-refractivity contribution < 1.29 is 23.9 Å². The van der Waals surface area contributed by atoms with Gasteiger partial charge in [0.1, 0.15) is 6.61 Å². The average Bonchev–Trinajstić information content (AvgIpc) is 2.59. The van der Waals surface area contributed by atoms with Crippen molar-refractivity contribution in [2.45, 2.75) is 6.10 Å². The third kappa shape index (κ3) is 4.28. The van der Waals surface area contributed by atoms with Crippen LogP contribution in [0.5, 0.6) is 0 Å². The Labute approximate surface area is 127 Å². The van der Waals surface area contributed by atoms with Gasteiger partial charge in [-0.15, -0.1) is 0 Å². The Kier molecular flexibility index (Phi) is 5.43. The van der Waals surface area contributed by atoms with Crippen LogP contribution in [0, 0.1) is 0 Å². The number of esters is 2. The van der Waals surface area contributed by atoms with Crippen LogP contribution in [0.4, 0.5) is 0 Å². The summed E-state index contributed by atoms with van der Waals surface area (Å²) in [6.07, 6.45) is -0.709. The predicted molar refractivity (Wildman–Crippen MR) is 78.4 cm³/mol. The maximum atomic E-state index is 11.8. The van der Waals surface area contributed by atoms with Gasteiger partial charge in [-0.3, -0.25) is 4.79 Å². The van der Waals surface area contributed by atoms with Crippen LogP contribution in [0.25, 0.3) is 0 Å². The molecule has 22 heavy (non-hydrogen) atoms. The molecule has 0 saturated heterocycles. The van der Waals surface area contributed by atoms with E-state index >= 15 is 0 Å². The molecule has 112 valence electrons. The highest BCUT2D eigenvalue weighted by Crippen LogP contribution is 2.05. The van der Waals surface area contributed by atoms with Crippen molar-refractivity contribution in [3.8, 4) is 0 Å². The first-order valence-corrected chi connectivity index (χ1v) is 6.64. The van der Waals surface area contributed by atoms with Gasteiger partial charge in [0.05, 0.1) is 11.1 Å². The summed E-state index contributed by atoms with van der Waals surface area (Å²) in [4.78, 5) is 34.5. The van der Waals surface area contributed by atoms with Gasteiger partial charge >= 0.3 is 11.9 Å². The molecule has 2 rings (SSSR count). The van der Waals surface area contributed by atoms with Crippen LogP contribution >= 0.6 is 0 Å². The molecule has 0 aliphatic carbocycles. The van der Waals surface area contributed by atoms with Gasteiger partial charge in [-0.05, 0) is 24.3 Å². The lowest BCUT2D eigenvalue weighted by molar-refractivity contribution is -0.117. The van der Waals surface area contributed by atoms with E-state index in [1.807, 2.05) is 0 Å². The topological polar surface area (TPSA) is 69.7 Å². The standard InChI is InChI=1S/C17H14O5/c18-11-15(22-17(20)14-9-5-2-6-10-14)12-21-16(19)13-7-3-1-4-8-13/h1-11,15H,12H2/t15-/m1/s1. The maximum absolute atomic E-state index is 11.8. The molecule has 2 aromatic rings. The molecule has 0 saturated carbocycles. The van der Waals surface area contributed by atoms with Gasteiger partial charge in [-0.2, -0.15) is 0 Å². The number of carbonyl (C=O) groups excluding carboxylic acids is 3. The van der Waals surface area contributed by atoms with Crippen molar-refractivity contribution in [1.82, 2.24) is 0 Å². The van der Waals surface area contributed by atoms with Crippen LogP contribution in [-0.4, -0.2) is 30.9 Å². The Balaban J connectivity index is 1.89. The second kappa shape index (κ2) is 7.73. The zero-order valence-electron chi connectivity index (χ0n) is 11.7. The van der Waals surface area contributed by atoms with E-state index in [0.29, 0.717) is 17.4 Å². The van der Waals surface area contributed by atoms with Crippen LogP contribution in [0.3, 0.4) is 0 Å². The molecular formula is C17H14O5. The lowest BCUT2D eigenvalue weighted by Crippen LogP contribution is -2.26. The number of ether oxygens (including phenoxy) is 2. The van der Waals surface area contributed by atoms with Crippen LogP contribution < -0.4 is 0 Å². The first-order valence-electron chi connectivity index (χ1n) is 6.64. The van der Waals surface area contributed by atoms with Gasteiger partial charge in [-0.25, -0.2) is 9.59 Å². The molecule has 0 aliphatic heterocycles. The zero-order valence-corrected chi connectivity index (χ0v) is 11.7. The molecule has 1 atom stereocenters. The molecule has 0 N–H and O–H groups in total. The molecule has 5 nitrogen and oxygen atoms in total. The Morgan fingerprint density at radius 3 is 1.86 bits per heavy atom. The number of hydrogen-bond donors (Lipinski definition) is 0. The summed E-state index contributed by atoms with van der Waals surface area (Å²) >= 11 is 0. The number of benzene rings is 2. The summed E-state index contributed by atoms with van der Waals surface area (Å²) < 4.78 is 9.96. The predicted octanol–water partition coefficient (Wildman–Crippen LogP) is 2.27. The molecule has 0 amide bonds. The van der Waals surface area contributed by atoms with Gasteiger partial charge in [0, 0.05) is 0 Å². The molecule has 0 radical (unpaired) electrons. The molecule has 0 aliphatic rings. The molecule has 0 bridgehead atoms. The van der Waals surface area contributed by atoms with Gasteiger partial charge in [-0.1, -0.05) is 36.4 Å². The number of carbonyl (C=O) groups is 3. The van der Waals surface area contributed by atoms with Gasteiger partial charge in [0.15, 0.2) is 12.4 Å². The largest absolute Gasteiger partial charge is 0.458 e. The molecule has 0 unspecified atom stereocenters. The molecule has 5 heteroatoms. The monoisotopic (exact) mass is 298 g/mol. The lowest BCUT2D eigenvalue weighted by Gasteiger charge is -2.12. The fraction of sp³-hybridized carbons (Fsp3) is 0.118. The maximum Gasteiger partial charge on any atom is 0.338 e. The van der Waals surface area contributed by atoms with E-state index in [4.69, 9.17) is 9.47 Å². The summed E-state index contributed by atoms with van der Waals surface area (Å²) in [5.41, 5.74) is 0.685. The van der Waals surface area contributed by atoms with E-state index in [1.54, 1.807) is 60.7 Å². The van der Waals surface area contributed by atoms with Crippen LogP contribution in [0.15, 0.2) is 60.7 Å². The van der Waals surface area contributed by atoms with Crippen LogP contribution in [0.2, 0.25) is 0 Å². The summed E-state index contributed by atoms with van der Waals surface area (Å²) in [6, 6.07) is 16.6. The van der Waals surface area contributed by atoms with E-state index in [-0.39, 0.29) is 6.61 Å². The number of aldehydes is 1. The second-order valence-corrected chi connectivity index (χ2v) is 4.41. The normalized spacial score (nSPS) is 11.3. The quantitative estimate of drug-likeness (QED) is 0.604. The van der Waals surface area contributed by atoms with Crippen molar-refractivity contribution in [3.05, 3.63) is 71.8 Å². The fourth-order valence-electron chi connectivity index (χ4n) is 1.70. The molecule has 2 aromatic carbocycles. The highest BCUT2D eigenvalue weighted by Gasteiger charge is 2.17. The van der Waals surface area contributed by atoms with Crippen molar-refractivity contribution in [1.29, 1.82) is 0 Å². The molecular weight excluding hydrogens is 284 g/mol. The van der Waals surface area contributed by atoms with Crippen molar-refractivity contribution in [2.75, 3.05) is 6.61 Å². The van der Waals surface area contributed by atoms with E-state index in [0.717, 1.165) is 0 Å². The first kappa shape index (κ1) is 15.4. The van der Waals surface area contributed by atoms with Crippen LogP contribution in [-0.2, 0) is 14.3 Å². The molecule has 0 fully saturated rings. The Morgan fingerprint density at radius 2 is 1.36 bits per heavy atom. The molecule has 0 aromatic heterocycles.